The first-order valence-electron chi connectivity index (χ1n) is 0. The molecular weight excluding hydrogens is 259 g/mol. The van der Waals surface area contributed by atoms with Gasteiger partial charge in [-0.2, -0.15) is 0 Å². The first-order valence-corrected chi connectivity index (χ1v) is 0. The summed E-state index contributed by atoms with van der Waals surface area (Å²) in [5.74, 6) is 0. The Hall–Kier alpha value is 0.0644. The van der Waals surface area contributed by atoms with Crippen molar-refractivity contribution in [1.29, 1.82) is 0 Å². The summed E-state index contributed by atoms with van der Waals surface area (Å²) in [5, 5.41) is 0. The van der Waals surface area contributed by atoms with Crippen LogP contribution in [0.5, 0.6) is 0 Å². The minimum Gasteiger partial charge on any atom is -2.00 e. The Labute approximate surface area is 90.6 Å². The van der Waals surface area contributed by atoms with E-state index in [4.69, 9.17) is 0 Å². The van der Waals surface area contributed by atoms with E-state index in [1.807, 2.05) is 0 Å². The predicted molar refractivity (Wildman–Crippen MR) is 39.4 cm³/mol. The predicted octanol–water partition coefficient (Wildman–Crippen LogP) is -8.66. The zero-order chi connectivity index (χ0) is 0. The van der Waals surface area contributed by atoms with Crippen molar-refractivity contribution in [1.82, 2.24) is 0 Å². The Morgan fingerprint density at radius 3 is 0.286 bits per heavy atom. The topological polar surface area (TPSA) is 402 Å². The first-order chi connectivity index (χ1) is 0. The van der Waals surface area contributed by atoms with Crippen LogP contribution in [-0.2, 0) is 29.5 Å². The van der Waals surface area contributed by atoms with E-state index < -0.39 is 0 Å². The Morgan fingerprint density at radius 1 is 0.286 bits per heavy atom. The van der Waals surface area contributed by atoms with Crippen LogP contribution >= 0.6 is 0 Å². The maximum absolute atomic E-state index is 0. The summed E-state index contributed by atoms with van der Waals surface area (Å²) in [6.07, 6.45) is 0. The van der Waals surface area contributed by atoms with Gasteiger partial charge in [-0.25, -0.2) is 0 Å². The van der Waals surface area contributed by atoms with E-state index in [1.165, 1.54) is 0 Å². The zero-order valence-electron chi connectivity index (χ0n) is 6.71. The molecule has 0 aliphatic carbocycles. The molecule has 0 spiro atoms. The van der Waals surface area contributed by atoms with Crippen LogP contribution in [0.25, 0.3) is 0 Å². The molecule has 0 aromatic rings. The maximum atomic E-state index is 0. The Morgan fingerprint density at radius 2 is 0.286 bits per heavy atom. The second kappa shape index (κ2) is 458000. The third-order valence-electron chi connectivity index (χ3n) is 0. The molecule has 0 amide bonds. The summed E-state index contributed by atoms with van der Waals surface area (Å²) in [6, 6.07) is 0. The molecule has 14 heavy (non-hydrogen) atoms. The molecule has 0 saturated heterocycles. The van der Waals surface area contributed by atoms with Gasteiger partial charge in [0.15, 0.2) is 0 Å². The molecule has 0 aliphatic heterocycles. The van der Waals surface area contributed by atoms with Crippen molar-refractivity contribution in [3.8, 4) is 0 Å². The molecule has 0 heterocycles. The average Bonchev–Trinajstić information content (AvgIpc) is 0. The van der Waals surface area contributed by atoms with Crippen molar-refractivity contribution < 1.29 is 89.7 Å². The van der Waals surface area contributed by atoms with Crippen LogP contribution in [0.2, 0.25) is 0 Å². The SMILES string of the molecule is O.O.O.O.O.O.O.O.O.O.[O-2].[O-2].[OH-].[V]. The minimum atomic E-state index is 0. The normalized spacial score (nSPS) is 0. The van der Waals surface area contributed by atoms with Gasteiger partial charge in [-0.05, 0) is 0 Å². The molecule has 0 aromatic heterocycles. The second-order valence-electron chi connectivity index (χ2n) is 0. The summed E-state index contributed by atoms with van der Waals surface area (Å²) in [4.78, 5) is 0. The number of rotatable bonds is 0. The van der Waals surface area contributed by atoms with E-state index in [9.17, 15) is 0 Å². The smallest absolute Gasteiger partial charge is 0 e. The van der Waals surface area contributed by atoms with E-state index in [2.05, 4.69) is 0 Å². The fourth-order valence-corrected chi connectivity index (χ4v) is 0. The summed E-state index contributed by atoms with van der Waals surface area (Å²) >= 11 is 0. The molecule has 109 valence electrons. The summed E-state index contributed by atoms with van der Waals surface area (Å²) in [6.45, 7) is 0. The molecule has 14 heteroatoms. The number of hydrogen-bond acceptors (Lipinski definition) is 1. The summed E-state index contributed by atoms with van der Waals surface area (Å²) in [7, 11) is 0. The van der Waals surface area contributed by atoms with Gasteiger partial charge in [0.1, 0.15) is 0 Å². The van der Waals surface area contributed by atoms with Crippen LogP contribution in [0.1, 0.15) is 0 Å². The molecular formula is H21O13V-5. The van der Waals surface area contributed by atoms with E-state index in [0.29, 0.717) is 0 Å². The van der Waals surface area contributed by atoms with Crippen LogP contribution < -0.4 is 0 Å². The molecule has 21 N–H and O–H groups in total. The molecule has 0 aliphatic rings. The number of hydrogen-bond donors (Lipinski definition) is 0. The monoisotopic (exact) mass is 280 g/mol. The van der Waals surface area contributed by atoms with Crippen LogP contribution in [-0.4, -0.2) is 60.2 Å². The quantitative estimate of drug-likeness (QED) is 0.409. The van der Waals surface area contributed by atoms with Crippen molar-refractivity contribution in [2.75, 3.05) is 0 Å². The average molecular weight is 280 g/mol. The van der Waals surface area contributed by atoms with Gasteiger partial charge in [-0.15, -0.1) is 0 Å². The molecule has 1 radical (unpaired) electrons. The molecule has 0 unspecified atom stereocenters. The zero-order valence-corrected chi connectivity index (χ0v) is 8.11. The molecule has 13 nitrogen and oxygen atoms in total. The third kappa shape index (κ3) is 356000. The molecule has 0 saturated carbocycles. The van der Waals surface area contributed by atoms with Gasteiger partial charge in [0, 0.05) is 18.6 Å². The molecule has 0 atom stereocenters. The standard InChI is InChI=1S/11H2O.2O.V/h11*1H2;;;/q;;;;;;;;;;;2*-2;/p-1. The second-order valence-corrected chi connectivity index (χ2v) is 0. The largest absolute Gasteiger partial charge is 2.00 e. The summed E-state index contributed by atoms with van der Waals surface area (Å²) < 4.78 is 0. The molecule has 0 aromatic carbocycles. The van der Waals surface area contributed by atoms with E-state index in [-0.39, 0.29) is 89.7 Å². The molecule has 0 fully saturated rings. The van der Waals surface area contributed by atoms with E-state index in [1.54, 1.807) is 0 Å². The first kappa shape index (κ1) is 579000. The van der Waals surface area contributed by atoms with Crippen molar-refractivity contribution >= 4 is 0 Å². The maximum Gasteiger partial charge on any atom is 0 e. The minimum absolute atomic E-state index is 0. The van der Waals surface area contributed by atoms with Gasteiger partial charge >= 0.3 is 0 Å². The van der Waals surface area contributed by atoms with Crippen molar-refractivity contribution in [2.24, 2.45) is 0 Å². The van der Waals surface area contributed by atoms with Crippen LogP contribution in [0.3, 0.4) is 0 Å². The fourth-order valence-electron chi connectivity index (χ4n) is 0. The van der Waals surface area contributed by atoms with E-state index >= 15 is 0 Å². The Bertz CT molecular complexity index is 5.20. The van der Waals surface area contributed by atoms with Crippen LogP contribution in [0.4, 0.5) is 0 Å². The van der Waals surface area contributed by atoms with Crippen LogP contribution in [0.15, 0.2) is 0 Å². The molecule has 0 rings (SSSR count). The summed E-state index contributed by atoms with van der Waals surface area (Å²) in [5.41, 5.74) is 0. The fraction of sp³-hybridized carbons (Fsp3) is 0. The van der Waals surface area contributed by atoms with Crippen molar-refractivity contribution in [2.45, 2.75) is 0 Å². The Balaban J connectivity index is 0. The van der Waals surface area contributed by atoms with Crippen molar-refractivity contribution in [3.63, 3.8) is 0 Å². The van der Waals surface area contributed by atoms with Crippen LogP contribution in [0, 0.1) is 0 Å². The van der Waals surface area contributed by atoms with Gasteiger partial charge in [0.2, 0.25) is 0 Å². The van der Waals surface area contributed by atoms with Gasteiger partial charge in [0.05, 0.1) is 0 Å². The molecule has 0 bridgehead atoms. The van der Waals surface area contributed by atoms with Gasteiger partial charge in [-0.1, -0.05) is 0 Å². The van der Waals surface area contributed by atoms with Gasteiger partial charge in [-0.3, -0.25) is 0 Å². The van der Waals surface area contributed by atoms with Gasteiger partial charge in [0.25, 0.3) is 0 Å². The van der Waals surface area contributed by atoms with Crippen molar-refractivity contribution in [3.05, 3.63) is 0 Å². The van der Waals surface area contributed by atoms with E-state index in [0.717, 1.165) is 0 Å². The Kier molecular flexibility index (Phi) is 18900000000. The van der Waals surface area contributed by atoms with Gasteiger partial charge < -0.3 is 71.2 Å². The third-order valence-corrected chi connectivity index (χ3v) is 0.